The van der Waals surface area contributed by atoms with Gasteiger partial charge in [0.05, 0.1) is 0 Å². The van der Waals surface area contributed by atoms with Gasteiger partial charge in [-0.1, -0.05) is 0 Å². The van der Waals surface area contributed by atoms with Crippen molar-refractivity contribution in [1.82, 2.24) is 0 Å². The zero-order chi connectivity index (χ0) is 85.1. The molecular weight excluding hydrogens is 1770 g/mol. The molecule has 4 nitrogen and oxygen atoms in total. The van der Waals surface area contributed by atoms with Gasteiger partial charge in [-0.2, -0.15) is 0 Å². The fraction of sp³-hybridized carbons (Fsp3) is 0.0179. The van der Waals surface area contributed by atoms with Gasteiger partial charge in [0, 0.05) is 19.5 Å². The Morgan fingerprint density at radius 2 is 0.248 bits per heavy atom. The molecule has 18 rings (SSSR count). The van der Waals surface area contributed by atoms with Crippen LogP contribution in [0.25, 0.3) is 0 Å². The molecule has 18 aromatic rings. The van der Waals surface area contributed by atoms with Crippen molar-refractivity contribution in [1.29, 1.82) is 0 Å². The summed E-state index contributed by atoms with van der Waals surface area (Å²) in [5.74, 6) is -12.4. The van der Waals surface area contributed by atoms with Crippen LogP contribution in [-0.2, 0) is 29.1 Å². The second-order valence-corrected chi connectivity index (χ2v) is 59.5. The van der Waals surface area contributed by atoms with E-state index < -0.39 is 62.2 Å². The smallest absolute Gasteiger partial charge is 0 e. The van der Waals surface area contributed by atoms with E-state index in [1.165, 1.54) is 0 Å². The number of aliphatic carboxylic acids is 2. The first-order valence-electron chi connectivity index (χ1n) is 41.5. The number of benzene rings is 18. The number of rotatable bonds is 26. The molecule has 0 unspecified atom stereocenters. The average Bonchev–Trinajstić information content (AvgIpc) is 0.625. The van der Waals surface area contributed by atoms with Gasteiger partial charge in [0.2, 0.25) is 0 Å². The minimum atomic E-state index is -5.25. The molecule has 0 aliphatic rings. The molecule has 0 aliphatic heterocycles. The minimum absolute atomic E-state index is 0. The van der Waals surface area contributed by atoms with Crippen LogP contribution in [-0.4, -0.2) is 31.4 Å². The van der Waals surface area contributed by atoms with Crippen LogP contribution < -0.4 is 95.5 Å². The van der Waals surface area contributed by atoms with E-state index in [-0.39, 0.29) is 19.5 Å². The Hall–Kier alpha value is -11.3. The van der Waals surface area contributed by atoms with Crippen LogP contribution in [0.2, 0.25) is 0 Å². The number of carboxylic acids is 2. The summed E-state index contributed by atoms with van der Waals surface area (Å²) in [5.41, 5.74) is 0. The van der Waals surface area contributed by atoms with E-state index in [1.807, 2.05) is 182 Å². The zero-order valence-corrected chi connectivity index (χ0v) is 77.1. The van der Waals surface area contributed by atoms with Gasteiger partial charge >= 0.3 is 746 Å². The summed E-state index contributed by atoms with van der Waals surface area (Å²) in [5, 5.41) is 44.0. The molecule has 0 heterocycles. The molecule has 0 fully saturated rings. The van der Waals surface area contributed by atoms with Crippen molar-refractivity contribution in [2.45, 2.75) is 9.28 Å². The van der Waals surface area contributed by atoms with Gasteiger partial charge in [0.15, 0.2) is 0 Å². The van der Waals surface area contributed by atoms with E-state index in [9.17, 15) is 32.7 Å². The van der Waals surface area contributed by atoms with Crippen molar-refractivity contribution in [2.24, 2.45) is 0 Å². The first kappa shape index (κ1) is 87.2. The van der Waals surface area contributed by atoms with Gasteiger partial charge in [0.25, 0.3) is 0 Å². The predicted octanol–water partition coefficient (Wildman–Crippen LogP) is 20.8. The number of carbonyl (C=O) groups is 2. The fourth-order valence-corrected chi connectivity index (χ4v) is 77.7. The molecule has 0 saturated carbocycles. The van der Waals surface area contributed by atoms with Crippen molar-refractivity contribution >= 4 is 171 Å². The first-order chi connectivity index (χ1) is 60.9. The molecule has 612 valence electrons. The maximum absolute atomic E-state index is 17.3. The molecule has 0 atom stereocenters. The zero-order valence-electron chi connectivity index (χ0n) is 68.5. The Labute approximate surface area is 759 Å². The minimum Gasteiger partial charge on any atom is 0 e. The third-order valence-electron chi connectivity index (χ3n) is 24.8. The average molecular weight is 1860 g/mol. The van der Waals surface area contributed by atoms with Crippen molar-refractivity contribution < 1.29 is 39.3 Å². The summed E-state index contributed by atoms with van der Waals surface area (Å²) in [4.78, 5) is 34.7. The molecule has 13 heteroatoms. The van der Waals surface area contributed by atoms with Gasteiger partial charge in [-0.3, -0.25) is 0 Å². The van der Waals surface area contributed by atoms with Crippen LogP contribution in [0.3, 0.4) is 0 Å². The molecule has 2 N–H and O–H groups in total. The van der Waals surface area contributed by atoms with Crippen molar-refractivity contribution in [3.05, 3.63) is 546 Å². The van der Waals surface area contributed by atoms with E-state index in [2.05, 4.69) is 364 Å². The van der Waals surface area contributed by atoms with Crippen molar-refractivity contribution in [2.75, 3.05) is 0 Å². The number of halogens is 2. The second-order valence-electron chi connectivity index (χ2n) is 30.6. The van der Waals surface area contributed by atoms with Crippen LogP contribution in [0, 0.1) is 0 Å². The molecule has 18 aromatic carbocycles. The Bertz CT molecular complexity index is 5320. The van der Waals surface area contributed by atoms with E-state index in [4.69, 9.17) is 0 Å². The molecule has 0 saturated heterocycles. The molecule has 0 amide bonds. The SMILES string of the molecule is O=C(O)C([P+](c1ccccc1)(c1ccccc1)c1ccccc1)([P+](c1ccccc1)(c1ccccc1)c1ccccc1)P(Cl)(c1ccccc1)(c1ccccc1)c1ccccc1.O=C(O)C([P+](c1ccccc1)(c1ccccc1)c1ccccc1)([P+](c1ccccc1)(c1ccccc1)c1ccccc1)P(Cl)(c1ccccc1)(c1ccccc1)c1ccccc1.[Ru]. The van der Waals surface area contributed by atoms with Crippen LogP contribution in [0.5, 0.6) is 0 Å². The third kappa shape index (κ3) is 13.1. The van der Waals surface area contributed by atoms with E-state index >= 15 is 9.59 Å². The van der Waals surface area contributed by atoms with Crippen LogP contribution in [0.15, 0.2) is 546 Å². The summed E-state index contributed by atoms with van der Waals surface area (Å²) >= 11 is 19.9. The van der Waals surface area contributed by atoms with Gasteiger partial charge in [-0.15, -0.1) is 0 Å². The Balaban J connectivity index is 0.000000183. The topological polar surface area (TPSA) is 74.6 Å². The summed E-state index contributed by atoms with van der Waals surface area (Å²) in [6, 6.07) is 187. The number of carboxylic acid groups (broad SMARTS) is 2. The van der Waals surface area contributed by atoms with Crippen molar-refractivity contribution in [3.63, 3.8) is 0 Å². The fourth-order valence-electron chi connectivity index (χ4n) is 20.5. The standard InChI is InChI=1S/2C56H45ClO2P3.Ru/c2*57-62(52-40-22-7-23-41-52,53-42-24-8-25-43-53,54-44-26-9-27-45-54)56(55(58)59,60(46-28-10-1-11-29-46,47-30-12-2-13-31-47)48-32-14-3-15-33-48)61(49-34-16-4-17-35-49,50-36-18-5-19-37-50)51-38-20-6-21-39-51;/h2*1-45H;/q2*+1;/p+2. The van der Waals surface area contributed by atoms with Gasteiger partial charge in [0.1, 0.15) is 0 Å². The molecule has 0 radical (unpaired) electrons. The van der Waals surface area contributed by atoms with Crippen LogP contribution in [0.1, 0.15) is 0 Å². The molecular formula is C112H92Cl2O4P6Ru+4. The first-order valence-corrected chi connectivity index (χ1v) is 54.9. The molecule has 0 aromatic heterocycles. The molecule has 0 aliphatic carbocycles. The van der Waals surface area contributed by atoms with Gasteiger partial charge in [-0.25, -0.2) is 0 Å². The predicted molar refractivity (Wildman–Crippen MR) is 543 cm³/mol. The van der Waals surface area contributed by atoms with Crippen LogP contribution >= 0.6 is 63.4 Å². The van der Waals surface area contributed by atoms with Crippen molar-refractivity contribution in [3.8, 4) is 0 Å². The van der Waals surface area contributed by atoms with Crippen LogP contribution in [0.4, 0.5) is 0 Å². The van der Waals surface area contributed by atoms with E-state index in [0.717, 1.165) is 95.5 Å². The number of hydrogen-bond donors (Lipinski definition) is 2. The Kier molecular flexibility index (Phi) is 25.9. The summed E-state index contributed by atoms with van der Waals surface area (Å²) in [7, 11) is -15.1. The third-order valence-corrected chi connectivity index (χ3v) is 70.9. The summed E-state index contributed by atoms with van der Waals surface area (Å²) in [6.45, 7) is 0. The second kappa shape index (κ2) is 37.1. The Morgan fingerprint density at radius 3 is 0.328 bits per heavy atom. The number of hydrogen-bond acceptors (Lipinski definition) is 2. The summed E-state index contributed by atoms with van der Waals surface area (Å²) in [6.07, 6.45) is 0. The van der Waals surface area contributed by atoms with Gasteiger partial charge < -0.3 is 0 Å². The largest absolute Gasteiger partial charge is 0 e. The van der Waals surface area contributed by atoms with E-state index in [1.54, 1.807) is 0 Å². The quantitative estimate of drug-likeness (QED) is 0.0418. The monoisotopic (exact) mass is 1860 g/mol. The maximum atomic E-state index is 17.3. The Morgan fingerprint density at radius 1 is 0.168 bits per heavy atom. The molecule has 0 bridgehead atoms. The molecule has 0 spiro atoms. The van der Waals surface area contributed by atoms with Gasteiger partial charge in [-0.05, 0) is 0 Å². The normalized spacial score (nSPS) is 12.7. The molecule has 125 heavy (non-hydrogen) atoms. The maximum Gasteiger partial charge on any atom is 0 e. The summed E-state index contributed by atoms with van der Waals surface area (Å²) < 4.78 is -3.91. The van der Waals surface area contributed by atoms with E-state index in [0.29, 0.717) is 0 Å².